The van der Waals surface area contributed by atoms with E-state index in [1.54, 1.807) is 11.1 Å². The molecular formula is C22H28N4O2. The van der Waals surface area contributed by atoms with Gasteiger partial charge in [0.25, 0.3) is 5.56 Å². The first-order valence-corrected chi connectivity index (χ1v) is 9.88. The number of urea groups is 1. The second kappa shape index (κ2) is 7.43. The fraction of sp³-hybridized carbons (Fsp3) is 0.455. The van der Waals surface area contributed by atoms with Gasteiger partial charge in [-0.05, 0) is 30.0 Å². The first-order valence-electron chi connectivity index (χ1n) is 9.88. The van der Waals surface area contributed by atoms with Crippen LogP contribution >= 0.6 is 0 Å². The molecular weight excluding hydrogens is 352 g/mol. The fourth-order valence-electron chi connectivity index (χ4n) is 4.86. The van der Waals surface area contributed by atoms with Crippen molar-refractivity contribution in [1.29, 1.82) is 0 Å². The number of H-pyrrole nitrogens is 1. The molecule has 2 aliphatic heterocycles. The molecule has 2 amide bonds. The number of aryl methyl sites for hydroxylation is 1. The maximum absolute atomic E-state index is 12.9. The van der Waals surface area contributed by atoms with Crippen LogP contribution in [-0.4, -0.2) is 59.4 Å². The predicted octanol–water partition coefficient (Wildman–Crippen LogP) is 2.47. The monoisotopic (exact) mass is 380 g/mol. The average Bonchev–Trinajstić information content (AvgIpc) is 3.20. The summed E-state index contributed by atoms with van der Waals surface area (Å²) in [6.45, 7) is 5.36. The quantitative estimate of drug-likeness (QED) is 0.890. The second-order valence-electron chi connectivity index (χ2n) is 8.27. The summed E-state index contributed by atoms with van der Waals surface area (Å²) in [4.78, 5) is 33.8. The molecule has 0 unspecified atom stereocenters. The molecule has 6 heteroatoms. The van der Waals surface area contributed by atoms with Gasteiger partial charge < -0.3 is 14.8 Å². The molecule has 148 valence electrons. The summed E-state index contributed by atoms with van der Waals surface area (Å²) in [5.41, 5.74) is 3.25. The summed E-state index contributed by atoms with van der Waals surface area (Å²) in [7, 11) is 3.64. The molecule has 4 rings (SSSR count). The van der Waals surface area contributed by atoms with Crippen LogP contribution in [0.2, 0.25) is 0 Å². The van der Waals surface area contributed by atoms with Crippen LogP contribution in [0.5, 0.6) is 0 Å². The van der Waals surface area contributed by atoms with E-state index in [-0.39, 0.29) is 17.6 Å². The van der Waals surface area contributed by atoms with E-state index in [1.807, 2.05) is 37.2 Å². The number of carbonyl (C=O) groups excluding carboxylic acids is 1. The van der Waals surface area contributed by atoms with Crippen LogP contribution in [-0.2, 0) is 6.54 Å². The van der Waals surface area contributed by atoms with Crippen molar-refractivity contribution in [2.45, 2.75) is 19.5 Å². The Labute approximate surface area is 165 Å². The molecule has 1 aromatic carbocycles. The number of aromatic nitrogens is 1. The van der Waals surface area contributed by atoms with Crippen LogP contribution in [0.3, 0.4) is 0 Å². The molecule has 2 saturated heterocycles. The van der Waals surface area contributed by atoms with Gasteiger partial charge in [0, 0.05) is 58.0 Å². The van der Waals surface area contributed by atoms with E-state index >= 15 is 0 Å². The maximum atomic E-state index is 12.9. The number of nitrogens with one attached hydrogen (secondary N) is 1. The minimum atomic E-state index is -0.0144. The van der Waals surface area contributed by atoms with Gasteiger partial charge in [0.1, 0.15) is 0 Å². The number of rotatable bonds is 3. The van der Waals surface area contributed by atoms with Crippen LogP contribution in [0.15, 0.2) is 47.4 Å². The third kappa shape index (κ3) is 3.33. The van der Waals surface area contributed by atoms with E-state index in [0.29, 0.717) is 18.4 Å². The third-order valence-electron chi connectivity index (χ3n) is 6.17. The number of nitrogens with zero attached hydrogens (tertiary/aromatic N) is 3. The van der Waals surface area contributed by atoms with Gasteiger partial charge in [-0.25, -0.2) is 4.79 Å². The first-order chi connectivity index (χ1) is 13.5. The molecule has 0 aliphatic carbocycles. The highest BCUT2D eigenvalue weighted by atomic mass is 16.2. The van der Waals surface area contributed by atoms with Crippen LogP contribution in [0.25, 0.3) is 0 Å². The Morgan fingerprint density at radius 1 is 1.14 bits per heavy atom. The van der Waals surface area contributed by atoms with Crippen LogP contribution in [0.4, 0.5) is 4.79 Å². The average molecular weight is 380 g/mol. The SMILES string of the molecule is Cc1ccccc1[C@H]1[C@@H]2CN(Cc3ccc[nH]c3=O)C[C@@H]2CN1C(=O)N(C)C. The smallest absolute Gasteiger partial charge is 0.320 e. The lowest BCUT2D eigenvalue weighted by Gasteiger charge is -2.32. The molecule has 3 atom stereocenters. The fourth-order valence-corrected chi connectivity index (χ4v) is 4.86. The van der Waals surface area contributed by atoms with E-state index in [1.165, 1.54) is 11.1 Å². The number of benzene rings is 1. The Hall–Kier alpha value is -2.60. The van der Waals surface area contributed by atoms with Gasteiger partial charge >= 0.3 is 6.03 Å². The Kier molecular flexibility index (Phi) is 4.98. The zero-order valence-electron chi connectivity index (χ0n) is 16.8. The topological polar surface area (TPSA) is 59.7 Å². The molecule has 0 bridgehead atoms. The predicted molar refractivity (Wildman–Crippen MR) is 109 cm³/mol. The molecule has 2 aliphatic rings. The zero-order valence-corrected chi connectivity index (χ0v) is 16.8. The molecule has 6 nitrogen and oxygen atoms in total. The Balaban J connectivity index is 1.60. The summed E-state index contributed by atoms with van der Waals surface area (Å²) < 4.78 is 0. The van der Waals surface area contributed by atoms with E-state index in [2.05, 4.69) is 35.0 Å². The van der Waals surface area contributed by atoms with Crippen molar-refractivity contribution >= 4 is 6.03 Å². The minimum Gasteiger partial charge on any atom is -0.331 e. The number of hydrogen-bond acceptors (Lipinski definition) is 3. The Morgan fingerprint density at radius 2 is 1.93 bits per heavy atom. The molecule has 0 spiro atoms. The number of carbonyl (C=O) groups is 1. The van der Waals surface area contributed by atoms with Gasteiger partial charge in [-0.1, -0.05) is 30.3 Å². The van der Waals surface area contributed by atoms with Gasteiger partial charge in [0.15, 0.2) is 0 Å². The van der Waals surface area contributed by atoms with Crippen molar-refractivity contribution in [3.05, 3.63) is 69.6 Å². The molecule has 28 heavy (non-hydrogen) atoms. The number of likely N-dealkylation sites (tertiary alicyclic amines) is 2. The largest absolute Gasteiger partial charge is 0.331 e. The van der Waals surface area contributed by atoms with E-state index in [0.717, 1.165) is 25.2 Å². The van der Waals surface area contributed by atoms with E-state index in [9.17, 15) is 9.59 Å². The highest BCUT2D eigenvalue weighted by molar-refractivity contribution is 5.75. The highest BCUT2D eigenvalue weighted by Crippen LogP contribution is 2.46. The lowest BCUT2D eigenvalue weighted by Crippen LogP contribution is -2.41. The summed E-state index contributed by atoms with van der Waals surface area (Å²) in [6, 6.07) is 12.3. The Bertz CT molecular complexity index is 923. The van der Waals surface area contributed by atoms with Crippen molar-refractivity contribution in [2.24, 2.45) is 11.8 Å². The highest BCUT2D eigenvalue weighted by Gasteiger charge is 2.49. The van der Waals surface area contributed by atoms with Crippen molar-refractivity contribution in [3.8, 4) is 0 Å². The second-order valence-corrected chi connectivity index (χ2v) is 8.27. The normalized spacial score (nSPS) is 24.4. The minimum absolute atomic E-state index is 0.0144. The molecule has 2 fully saturated rings. The van der Waals surface area contributed by atoms with Crippen molar-refractivity contribution < 1.29 is 4.79 Å². The maximum Gasteiger partial charge on any atom is 0.320 e. The number of hydrogen-bond donors (Lipinski definition) is 1. The van der Waals surface area contributed by atoms with Crippen molar-refractivity contribution in [2.75, 3.05) is 33.7 Å². The molecule has 3 heterocycles. The molecule has 0 saturated carbocycles. The zero-order chi connectivity index (χ0) is 19.8. The molecule has 1 aromatic heterocycles. The standard InChI is InChI=1S/C22H28N4O2/c1-15-7-4-5-9-18(15)20-19-14-25(11-16-8-6-10-23-21(16)27)12-17(19)13-26(20)22(28)24(2)3/h4-10,17,19-20H,11-14H2,1-3H3,(H,23,27)/t17-,19-,20+/m1/s1. The third-order valence-corrected chi connectivity index (χ3v) is 6.17. The van der Waals surface area contributed by atoms with Crippen LogP contribution in [0, 0.1) is 18.8 Å². The van der Waals surface area contributed by atoms with Crippen LogP contribution in [0.1, 0.15) is 22.7 Å². The van der Waals surface area contributed by atoms with Gasteiger partial charge in [-0.15, -0.1) is 0 Å². The van der Waals surface area contributed by atoms with Crippen LogP contribution < -0.4 is 5.56 Å². The number of pyridine rings is 1. The van der Waals surface area contributed by atoms with Gasteiger partial charge in [0.05, 0.1) is 6.04 Å². The van der Waals surface area contributed by atoms with Gasteiger partial charge in [-0.2, -0.15) is 0 Å². The van der Waals surface area contributed by atoms with Crippen molar-refractivity contribution in [3.63, 3.8) is 0 Å². The number of amides is 2. The summed E-state index contributed by atoms with van der Waals surface area (Å²) in [5, 5.41) is 0. The van der Waals surface area contributed by atoms with Crippen molar-refractivity contribution in [1.82, 2.24) is 19.7 Å². The number of fused-ring (bicyclic) bond motifs is 1. The van der Waals surface area contributed by atoms with Gasteiger partial charge in [-0.3, -0.25) is 9.69 Å². The van der Waals surface area contributed by atoms with E-state index in [4.69, 9.17) is 0 Å². The lowest BCUT2D eigenvalue weighted by atomic mass is 9.88. The Morgan fingerprint density at radius 3 is 2.64 bits per heavy atom. The van der Waals surface area contributed by atoms with Gasteiger partial charge in [0.2, 0.25) is 0 Å². The summed E-state index contributed by atoms with van der Waals surface area (Å²) in [5.74, 6) is 0.809. The molecule has 1 N–H and O–H groups in total. The van der Waals surface area contributed by atoms with E-state index < -0.39 is 0 Å². The molecule has 0 radical (unpaired) electrons. The lowest BCUT2D eigenvalue weighted by molar-refractivity contribution is 0.151. The first kappa shape index (κ1) is 18.7. The summed E-state index contributed by atoms with van der Waals surface area (Å²) >= 11 is 0. The molecule has 2 aromatic rings. The number of aromatic amines is 1. The summed E-state index contributed by atoms with van der Waals surface area (Å²) in [6.07, 6.45) is 1.67.